The largest absolute Gasteiger partial charge is 0.459 e. The van der Waals surface area contributed by atoms with E-state index >= 15 is 0 Å². The van der Waals surface area contributed by atoms with Crippen molar-refractivity contribution in [1.82, 2.24) is 9.88 Å². The maximum atomic E-state index is 12.3. The number of rotatable bonds is 1. The van der Waals surface area contributed by atoms with Crippen molar-refractivity contribution in [2.24, 2.45) is 0 Å². The lowest BCUT2D eigenvalue weighted by molar-refractivity contribution is 0.0823. The third kappa shape index (κ3) is 1.68. The minimum Gasteiger partial charge on any atom is -0.459 e. The van der Waals surface area contributed by atoms with Gasteiger partial charge in [-0.05, 0) is 12.1 Å². The number of nitrogens with one attached hydrogen (secondary N) is 1. The van der Waals surface area contributed by atoms with Gasteiger partial charge in [-0.3, -0.25) is 20.1 Å². The summed E-state index contributed by atoms with van der Waals surface area (Å²) in [6.07, 6.45) is 3.12. The number of fused-ring (bicyclic) bond motifs is 1. The van der Waals surface area contributed by atoms with Crippen LogP contribution in [0.25, 0.3) is 0 Å². The Morgan fingerprint density at radius 3 is 3.24 bits per heavy atom. The van der Waals surface area contributed by atoms with Crippen molar-refractivity contribution < 1.29 is 9.53 Å². The summed E-state index contributed by atoms with van der Waals surface area (Å²) in [7, 11) is 0. The molecule has 2 aliphatic heterocycles. The number of nitrogens with zero attached hydrogens (tertiary/aromatic N) is 2. The van der Waals surface area contributed by atoms with E-state index < -0.39 is 0 Å². The van der Waals surface area contributed by atoms with Crippen molar-refractivity contribution in [1.29, 1.82) is 5.41 Å². The van der Waals surface area contributed by atoms with Gasteiger partial charge >= 0.3 is 0 Å². The molecule has 0 saturated carbocycles. The molecule has 2 atom stereocenters. The fourth-order valence-electron chi connectivity index (χ4n) is 2.10. The van der Waals surface area contributed by atoms with Gasteiger partial charge in [-0.25, -0.2) is 0 Å². The second kappa shape index (κ2) is 4.03. The molecule has 1 amide bonds. The molecule has 1 aromatic heterocycles. The summed E-state index contributed by atoms with van der Waals surface area (Å²) in [5.41, 5.74) is 0.499. The van der Waals surface area contributed by atoms with Crippen molar-refractivity contribution in [2.75, 3.05) is 11.5 Å². The third-order valence-electron chi connectivity index (χ3n) is 2.94. The summed E-state index contributed by atoms with van der Waals surface area (Å²) >= 11 is 1.75. The van der Waals surface area contributed by atoms with E-state index in [1.165, 1.54) is 11.1 Å². The molecule has 2 saturated heterocycles. The van der Waals surface area contributed by atoms with Gasteiger partial charge in [0.2, 0.25) is 0 Å². The highest BCUT2D eigenvalue weighted by Gasteiger charge is 2.46. The minimum atomic E-state index is -0.196. The summed E-state index contributed by atoms with van der Waals surface area (Å²) in [5.74, 6) is 1.49. The molecular formula is C11H11N3O2S. The van der Waals surface area contributed by atoms with E-state index in [0.29, 0.717) is 5.56 Å². The van der Waals surface area contributed by atoms with Crippen molar-refractivity contribution in [3.8, 4) is 0 Å². The number of ether oxygens (including phenoxy) is 1. The zero-order chi connectivity index (χ0) is 11.8. The first kappa shape index (κ1) is 10.6. The predicted molar refractivity (Wildman–Crippen MR) is 64.1 cm³/mol. The minimum absolute atomic E-state index is 0.000191. The van der Waals surface area contributed by atoms with Crippen molar-refractivity contribution in [2.45, 2.75) is 12.1 Å². The van der Waals surface area contributed by atoms with E-state index in [-0.39, 0.29) is 24.1 Å². The lowest BCUT2D eigenvalue weighted by atomic mass is 10.2. The van der Waals surface area contributed by atoms with Gasteiger partial charge in [0.15, 0.2) is 0 Å². The molecule has 6 heteroatoms. The SMILES string of the molecule is N=C1O[C@@H]2CSC[C@H]2N1C(=O)c1cccnc1. The topological polar surface area (TPSA) is 66.3 Å². The van der Waals surface area contributed by atoms with Gasteiger partial charge in [-0.1, -0.05) is 0 Å². The van der Waals surface area contributed by atoms with Crippen LogP contribution in [0.1, 0.15) is 10.4 Å². The standard InChI is InChI=1S/C11H11N3O2S/c12-11-14(8-5-17-6-9(8)16-11)10(15)7-2-1-3-13-4-7/h1-4,8-9,12H,5-6H2/t8-,9-/m1/s1. The fourth-order valence-corrected chi connectivity index (χ4v) is 3.36. The van der Waals surface area contributed by atoms with Gasteiger partial charge in [0.25, 0.3) is 11.9 Å². The Bertz CT molecular complexity index is 465. The van der Waals surface area contributed by atoms with Crippen LogP contribution in [0.4, 0.5) is 0 Å². The molecule has 3 rings (SSSR count). The van der Waals surface area contributed by atoms with E-state index in [1.54, 1.807) is 30.1 Å². The van der Waals surface area contributed by atoms with E-state index in [4.69, 9.17) is 10.1 Å². The Morgan fingerprint density at radius 2 is 2.47 bits per heavy atom. The average Bonchev–Trinajstić information content (AvgIpc) is 2.89. The Hall–Kier alpha value is -1.56. The molecule has 3 heterocycles. The van der Waals surface area contributed by atoms with Crippen LogP contribution in [0, 0.1) is 5.41 Å². The Kier molecular flexibility index (Phi) is 2.51. The zero-order valence-electron chi connectivity index (χ0n) is 9.00. The molecular weight excluding hydrogens is 238 g/mol. The Balaban J connectivity index is 1.89. The van der Waals surface area contributed by atoms with Crippen molar-refractivity contribution >= 4 is 23.7 Å². The van der Waals surface area contributed by atoms with Gasteiger partial charge in [-0.2, -0.15) is 11.8 Å². The lowest BCUT2D eigenvalue weighted by Crippen LogP contribution is -2.41. The fraction of sp³-hybridized carbons (Fsp3) is 0.364. The molecule has 2 aliphatic rings. The van der Waals surface area contributed by atoms with Gasteiger partial charge in [0, 0.05) is 23.9 Å². The first-order valence-corrected chi connectivity index (χ1v) is 6.49. The highest BCUT2D eigenvalue weighted by Crippen LogP contribution is 2.32. The number of hydrogen-bond acceptors (Lipinski definition) is 5. The maximum absolute atomic E-state index is 12.3. The first-order valence-electron chi connectivity index (χ1n) is 5.34. The van der Waals surface area contributed by atoms with Gasteiger partial charge in [-0.15, -0.1) is 0 Å². The number of hydrogen-bond donors (Lipinski definition) is 1. The highest BCUT2D eigenvalue weighted by molar-refractivity contribution is 7.99. The van der Waals surface area contributed by atoms with E-state index in [1.807, 2.05) is 0 Å². The summed E-state index contributed by atoms with van der Waals surface area (Å²) in [6.45, 7) is 0. The van der Waals surface area contributed by atoms with Crippen LogP contribution in [0.5, 0.6) is 0 Å². The van der Waals surface area contributed by atoms with Crippen LogP contribution in [0.15, 0.2) is 24.5 Å². The Labute approximate surface area is 103 Å². The van der Waals surface area contributed by atoms with Gasteiger partial charge in [0.05, 0.1) is 11.6 Å². The second-order valence-electron chi connectivity index (χ2n) is 3.98. The van der Waals surface area contributed by atoms with Crippen LogP contribution < -0.4 is 0 Å². The van der Waals surface area contributed by atoms with Crippen LogP contribution in [-0.4, -0.2) is 45.5 Å². The molecule has 0 bridgehead atoms. The van der Waals surface area contributed by atoms with E-state index in [9.17, 15) is 4.79 Å². The highest BCUT2D eigenvalue weighted by atomic mass is 32.2. The number of carbonyl (C=O) groups is 1. The monoisotopic (exact) mass is 249 g/mol. The summed E-state index contributed by atoms with van der Waals surface area (Å²) in [6, 6.07) is 3.39. The maximum Gasteiger partial charge on any atom is 0.292 e. The quantitative estimate of drug-likeness (QED) is 0.805. The number of aromatic nitrogens is 1. The molecule has 5 nitrogen and oxygen atoms in total. The second-order valence-corrected chi connectivity index (χ2v) is 5.06. The predicted octanol–water partition coefficient (Wildman–Crippen LogP) is 0.973. The normalized spacial score (nSPS) is 26.8. The molecule has 0 spiro atoms. The molecule has 0 unspecified atom stereocenters. The van der Waals surface area contributed by atoms with E-state index in [2.05, 4.69) is 4.98 Å². The number of pyridine rings is 1. The number of thioether (sulfide) groups is 1. The van der Waals surface area contributed by atoms with Crippen molar-refractivity contribution in [3.63, 3.8) is 0 Å². The number of amides is 1. The van der Waals surface area contributed by atoms with Crippen molar-refractivity contribution in [3.05, 3.63) is 30.1 Å². The molecule has 0 aromatic carbocycles. The van der Waals surface area contributed by atoms with Crippen LogP contribution in [-0.2, 0) is 4.74 Å². The van der Waals surface area contributed by atoms with Gasteiger partial charge in [0.1, 0.15) is 6.10 Å². The number of carbonyl (C=O) groups excluding carboxylic acids is 1. The average molecular weight is 249 g/mol. The Morgan fingerprint density at radius 1 is 1.59 bits per heavy atom. The lowest BCUT2D eigenvalue weighted by Gasteiger charge is -2.18. The summed E-state index contributed by atoms with van der Waals surface area (Å²) in [5, 5.41) is 7.74. The summed E-state index contributed by atoms with van der Waals surface area (Å²) in [4.78, 5) is 17.6. The molecule has 0 aliphatic carbocycles. The van der Waals surface area contributed by atoms with E-state index in [0.717, 1.165) is 11.5 Å². The molecule has 0 radical (unpaired) electrons. The molecule has 88 valence electrons. The number of amidine groups is 1. The smallest absolute Gasteiger partial charge is 0.292 e. The molecule has 1 aromatic rings. The first-order chi connectivity index (χ1) is 8.27. The summed E-state index contributed by atoms with van der Waals surface area (Å²) < 4.78 is 5.39. The van der Waals surface area contributed by atoms with Crippen LogP contribution in [0.3, 0.4) is 0 Å². The molecule has 17 heavy (non-hydrogen) atoms. The zero-order valence-corrected chi connectivity index (χ0v) is 9.81. The molecule has 2 fully saturated rings. The van der Waals surface area contributed by atoms with Crippen LogP contribution >= 0.6 is 11.8 Å². The van der Waals surface area contributed by atoms with Gasteiger partial charge < -0.3 is 4.74 Å². The third-order valence-corrected chi connectivity index (χ3v) is 4.08. The van der Waals surface area contributed by atoms with Crippen LogP contribution in [0.2, 0.25) is 0 Å². The molecule has 1 N–H and O–H groups in total.